The highest BCUT2D eigenvalue weighted by atomic mass is 15.3. The quantitative estimate of drug-likeness (QED) is 0.783. The Morgan fingerprint density at radius 1 is 1.32 bits per heavy atom. The van der Waals surface area contributed by atoms with Crippen molar-refractivity contribution in [2.75, 3.05) is 18.0 Å². The van der Waals surface area contributed by atoms with Gasteiger partial charge in [-0.15, -0.1) is 0 Å². The molecule has 2 aliphatic heterocycles. The molecule has 1 aromatic rings. The lowest BCUT2D eigenvalue weighted by Crippen LogP contribution is -2.51. The summed E-state index contributed by atoms with van der Waals surface area (Å²) in [4.78, 5) is 7.23. The molecule has 0 spiro atoms. The summed E-state index contributed by atoms with van der Waals surface area (Å²) in [6, 6.07) is 8.75. The molecule has 0 aromatic heterocycles. The summed E-state index contributed by atoms with van der Waals surface area (Å²) in [6.07, 6.45) is 3.76. The van der Waals surface area contributed by atoms with Crippen LogP contribution in [-0.2, 0) is 0 Å². The Morgan fingerprint density at radius 3 is 2.89 bits per heavy atom. The number of aliphatic imine (C=N–C) groups is 1. The zero-order chi connectivity index (χ0) is 13.5. The van der Waals surface area contributed by atoms with E-state index >= 15 is 0 Å². The smallest absolute Gasteiger partial charge is 0.0916 e. The lowest BCUT2D eigenvalue weighted by molar-refractivity contribution is 0.430. The zero-order valence-electron chi connectivity index (χ0n) is 12.1. The zero-order valence-corrected chi connectivity index (χ0v) is 12.1. The van der Waals surface area contributed by atoms with Crippen molar-refractivity contribution in [1.29, 1.82) is 0 Å². The molecule has 1 fully saturated rings. The summed E-state index contributed by atoms with van der Waals surface area (Å²) in [5, 5.41) is 3.65. The second-order valence-electron chi connectivity index (χ2n) is 6.48. The van der Waals surface area contributed by atoms with Gasteiger partial charge in [0.2, 0.25) is 0 Å². The van der Waals surface area contributed by atoms with Crippen molar-refractivity contribution >= 4 is 11.9 Å². The Hall–Kier alpha value is -1.35. The number of para-hydroxylation sites is 1. The first-order valence-electron chi connectivity index (χ1n) is 7.20. The molecule has 0 bridgehead atoms. The maximum atomic E-state index is 4.74. The molecule has 0 amide bonds. The first kappa shape index (κ1) is 12.7. The van der Waals surface area contributed by atoms with Gasteiger partial charge in [0.1, 0.15) is 0 Å². The average Bonchev–Trinajstić information content (AvgIpc) is 2.70. The van der Waals surface area contributed by atoms with Crippen LogP contribution in [0.15, 0.2) is 29.3 Å². The van der Waals surface area contributed by atoms with Gasteiger partial charge in [0.15, 0.2) is 0 Å². The van der Waals surface area contributed by atoms with Gasteiger partial charge in [-0.2, -0.15) is 0 Å². The molecule has 0 unspecified atom stereocenters. The molecule has 19 heavy (non-hydrogen) atoms. The summed E-state index contributed by atoms with van der Waals surface area (Å²) >= 11 is 0. The Kier molecular flexibility index (Phi) is 3.09. The highest BCUT2D eigenvalue weighted by Gasteiger charge is 2.38. The van der Waals surface area contributed by atoms with E-state index in [-0.39, 0.29) is 5.54 Å². The maximum absolute atomic E-state index is 4.74. The molecule has 3 nitrogen and oxygen atoms in total. The minimum Gasteiger partial charge on any atom is -0.355 e. The van der Waals surface area contributed by atoms with Gasteiger partial charge in [-0.05, 0) is 45.4 Å². The monoisotopic (exact) mass is 257 g/mol. The van der Waals surface area contributed by atoms with E-state index < -0.39 is 0 Å². The molecule has 102 valence electrons. The number of hydrogen-bond acceptors (Lipinski definition) is 3. The first-order chi connectivity index (χ1) is 9.06. The number of benzene rings is 1. The lowest BCUT2D eigenvalue weighted by Gasteiger charge is -2.34. The minimum absolute atomic E-state index is 0.00295. The summed E-state index contributed by atoms with van der Waals surface area (Å²) < 4.78 is 0. The third kappa shape index (κ3) is 2.39. The lowest BCUT2D eigenvalue weighted by atomic mass is 9.99. The van der Waals surface area contributed by atoms with Crippen LogP contribution in [0.4, 0.5) is 5.69 Å². The third-order valence-corrected chi connectivity index (χ3v) is 3.83. The molecular formula is C16H23N3. The van der Waals surface area contributed by atoms with Crippen LogP contribution in [-0.4, -0.2) is 31.0 Å². The largest absolute Gasteiger partial charge is 0.355 e. The normalized spacial score (nSPS) is 26.6. The van der Waals surface area contributed by atoms with Crippen molar-refractivity contribution in [3.05, 3.63) is 29.8 Å². The molecule has 0 radical (unpaired) electrons. The predicted molar refractivity (Wildman–Crippen MR) is 81.2 cm³/mol. The minimum atomic E-state index is -0.00295. The van der Waals surface area contributed by atoms with Crippen LogP contribution >= 0.6 is 0 Å². The number of anilines is 1. The molecule has 0 aliphatic carbocycles. The molecular weight excluding hydrogens is 234 g/mol. The van der Waals surface area contributed by atoms with Crippen LogP contribution in [0.25, 0.3) is 0 Å². The fourth-order valence-electron chi connectivity index (χ4n) is 3.01. The van der Waals surface area contributed by atoms with Crippen molar-refractivity contribution in [2.24, 2.45) is 4.99 Å². The van der Waals surface area contributed by atoms with Gasteiger partial charge in [-0.3, -0.25) is 10.3 Å². The third-order valence-electron chi connectivity index (χ3n) is 3.83. The highest BCUT2D eigenvalue weighted by molar-refractivity contribution is 5.79. The average molecular weight is 257 g/mol. The molecule has 2 heterocycles. The molecule has 1 N–H and O–H groups in total. The second-order valence-corrected chi connectivity index (χ2v) is 6.48. The van der Waals surface area contributed by atoms with Gasteiger partial charge >= 0.3 is 0 Å². The molecule has 1 aromatic carbocycles. The van der Waals surface area contributed by atoms with Crippen molar-refractivity contribution in [3.8, 4) is 0 Å². The van der Waals surface area contributed by atoms with Gasteiger partial charge in [0.25, 0.3) is 0 Å². The van der Waals surface area contributed by atoms with Crippen LogP contribution in [0, 0.1) is 0 Å². The number of nitrogens with one attached hydrogen (secondary N) is 1. The number of fused-ring (bicyclic) bond motifs is 3. The van der Waals surface area contributed by atoms with Gasteiger partial charge in [-0.25, -0.2) is 0 Å². The highest BCUT2D eigenvalue weighted by Crippen LogP contribution is 2.40. The summed E-state index contributed by atoms with van der Waals surface area (Å²) in [6.45, 7) is 8.70. The van der Waals surface area contributed by atoms with E-state index in [1.165, 1.54) is 17.7 Å². The first-order valence-corrected chi connectivity index (χ1v) is 7.20. The Balaban J connectivity index is 1.96. The van der Waals surface area contributed by atoms with Gasteiger partial charge in [0.05, 0.1) is 17.6 Å². The van der Waals surface area contributed by atoms with Crippen LogP contribution in [0.1, 0.15) is 38.7 Å². The van der Waals surface area contributed by atoms with Gasteiger partial charge in [-0.1, -0.05) is 18.2 Å². The molecule has 3 heteroatoms. The van der Waals surface area contributed by atoms with Crippen molar-refractivity contribution in [1.82, 2.24) is 5.32 Å². The summed E-state index contributed by atoms with van der Waals surface area (Å²) in [5.74, 6) is 0.371. The number of nitrogens with zero attached hydrogens (tertiary/aromatic N) is 2. The van der Waals surface area contributed by atoms with Crippen LogP contribution in [0.5, 0.6) is 0 Å². The van der Waals surface area contributed by atoms with Crippen molar-refractivity contribution in [2.45, 2.75) is 44.8 Å². The molecule has 0 saturated carbocycles. The molecule has 3 rings (SSSR count). The van der Waals surface area contributed by atoms with Crippen LogP contribution in [0.3, 0.4) is 0 Å². The van der Waals surface area contributed by atoms with Gasteiger partial charge < -0.3 is 4.90 Å². The van der Waals surface area contributed by atoms with E-state index in [1.54, 1.807) is 0 Å². The Morgan fingerprint density at radius 2 is 2.11 bits per heavy atom. The van der Waals surface area contributed by atoms with Crippen molar-refractivity contribution in [3.63, 3.8) is 0 Å². The maximum Gasteiger partial charge on any atom is 0.0916 e. The van der Waals surface area contributed by atoms with Crippen molar-refractivity contribution < 1.29 is 0 Å². The number of hydrogen-bond donors (Lipinski definition) is 1. The fourth-order valence-corrected chi connectivity index (χ4v) is 3.01. The van der Waals surface area contributed by atoms with E-state index in [9.17, 15) is 0 Å². The topological polar surface area (TPSA) is 27.6 Å². The van der Waals surface area contributed by atoms with E-state index in [2.05, 4.69) is 61.5 Å². The Bertz CT molecular complexity index is 487. The molecule has 2 aliphatic rings. The SMILES string of the molecule is CC(C)(C)N=C[C@@H]1c2ccccc2N2CCCN[C@H]12. The van der Waals surface area contributed by atoms with Crippen LogP contribution in [0.2, 0.25) is 0 Å². The van der Waals surface area contributed by atoms with E-state index in [1.807, 2.05) is 0 Å². The Labute approximate surface area is 115 Å². The molecule has 2 atom stereocenters. The van der Waals surface area contributed by atoms with E-state index in [4.69, 9.17) is 4.99 Å². The predicted octanol–water partition coefficient (Wildman–Crippen LogP) is 2.78. The van der Waals surface area contributed by atoms with E-state index in [0.29, 0.717) is 12.1 Å². The van der Waals surface area contributed by atoms with Gasteiger partial charge in [0, 0.05) is 18.4 Å². The van der Waals surface area contributed by atoms with Crippen LogP contribution < -0.4 is 10.2 Å². The fraction of sp³-hybridized carbons (Fsp3) is 0.562. The second kappa shape index (κ2) is 4.64. The summed E-state index contributed by atoms with van der Waals surface area (Å²) in [7, 11) is 0. The van der Waals surface area contributed by atoms with E-state index in [0.717, 1.165) is 13.1 Å². The standard InChI is InChI=1S/C16H23N3/c1-16(2,3)18-11-13-12-7-4-5-8-14(12)19-10-6-9-17-15(13)19/h4-5,7-8,11,13,15,17H,6,9-10H2,1-3H3/t13-,15+/m1/s1. The summed E-state index contributed by atoms with van der Waals surface area (Å²) in [5.41, 5.74) is 2.79. The molecule has 1 saturated heterocycles. The number of rotatable bonds is 1.